The van der Waals surface area contributed by atoms with Gasteiger partial charge in [-0.3, -0.25) is 0 Å². The first-order chi connectivity index (χ1) is 4.68. The number of nitrogens with one attached hydrogen (secondary N) is 1. The lowest BCUT2D eigenvalue weighted by molar-refractivity contribution is 0.403. The second kappa shape index (κ2) is 3.21. The van der Waals surface area contributed by atoms with Gasteiger partial charge in [-0.25, -0.2) is 0 Å². The molecule has 0 fully saturated rings. The molecule has 0 aliphatic rings. The van der Waals surface area contributed by atoms with Gasteiger partial charge in [0.15, 0.2) is 0 Å². The molecule has 1 aromatic rings. The maximum atomic E-state index is 3.35. The van der Waals surface area contributed by atoms with E-state index in [0.29, 0.717) is 0 Å². The molecule has 3 heteroatoms. The fourth-order valence-corrected chi connectivity index (χ4v) is 1.27. The van der Waals surface area contributed by atoms with Crippen LogP contribution in [0, 0.1) is 0 Å². The fraction of sp³-hybridized carbons (Fsp3) is 0.429. The number of aromatic amines is 1. The van der Waals surface area contributed by atoms with Gasteiger partial charge >= 0.3 is 0 Å². The third kappa shape index (κ3) is 2.15. The first-order valence-corrected chi connectivity index (χ1v) is 3.95. The molecule has 0 saturated heterocycles. The molecule has 0 bridgehead atoms. The molecule has 2 nitrogen and oxygen atoms in total. The van der Waals surface area contributed by atoms with Gasteiger partial charge in [0.05, 0.1) is 4.60 Å². The highest BCUT2D eigenvalue weighted by Gasteiger charge is 1.96. The zero-order chi connectivity index (χ0) is 7.56. The van der Waals surface area contributed by atoms with Gasteiger partial charge < -0.3 is 9.88 Å². The SMILES string of the molecule is CN(C)Cc1c[nH]c(Br)c1. The van der Waals surface area contributed by atoms with Crippen LogP contribution in [0.1, 0.15) is 5.56 Å². The van der Waals surface area contributed by atoms with Crippen molar-refractivity contribution in [2.75, 3.05) is 14.1 Å². The zero-order valence-corrected chi connectivity index (χ0v) is 7.77. The standard InChI is InChI=1S/C7H11BrN2/c1-10(2)5-6-3-7(8)9-4-6/h3-4,9H,5H2,1-2H3. The molecular weight excluding hydrogens is 192 g/mol. The number of hydrogen-bond donors (Lipinski definition) is 1. The number of H-pyrrole nitrogens is 1. The molecule has 0 atom stereocenters. The van der Waals surface area contributed by atoms with E-state index in [4.69, 9.17) is 0 Å². The lowest BCUT2D eigenvalue weighted by Crippen LogP contribution is -2.09. The van der Waals surface area contributed by atoms with Gasteiger partial charge in [0.2, 0.25) is 0 Å². The highest BCUT2D eigenvalue weighted by atomic mass is 79.9. The number of nitrogens with zero attached hydrogens (tertiary/aromatic N) is 1. The number of rotatable bonds is 2. The van der Waals surface area contributed by atoms with Gasteiger partial charge in [-0.1, -0.05) is 0 Å². The van der Waals surface area contributed by atoms with Gasteiger partial charge in [0, 0.05) is 12.7 Å². The van der Waals surface area contributed by atoms with Crippen LogP contribution in [-0.2, 0) is 6.54 Å². The van der Waals surface area contributed by atoms with Crippen molar-refractivity contribution in [3.8, 4) is 0 Å². The van der Waals surface area contributed by atoms with E-state index >= 15 is 0 Å². The maximum absolute atomic E-state index is 3.35. The molecule has 56 valence electrons. The fourth-order valence-electron chi connectivity index (χ4n) is 0.864. The van der Waals surface area contributed by atoms with Gasteiger partial charge in [0.1, 0.15) is 0 Å². The van der Waals surface area contributed by atoms with Crippen molar-refractivity contribution in [1.29, 1.82) is 0 Å². The van der Waals surface area contributed by atoms with Crippen molar-refractivity contribution >= 4 is 15.9 Å². The van der Waals surface area contributed by atoms with E-state index in [1.54, 1.807) is 0 Å². The summed E-state index contributed by atoms with van der Waals surface area (Å²) >= 11 is 3.35. The third-order valence-electron chi connectivity index (χ3n) is 1.21. The van der Waals surface area contributed by atoms with Crippen molar-refractivity contribution < 1.29 is 0 Å². The molecule has 0 saturated carbocycles. The van der Waals surface area contributed by atoms with E-state index in [9.17, 15) is 0 Å². The molecule has 0 aliphatic heterocycles. The summed E-state index contributed by atoms with van der Waals surface area (Å²) in [7, 11) is 4.11. The van der Waals surface area contributed by atoms with Crippen LogP contribution in [0.2, 0.25) is 0 Å². The molecule has 1 N–H and O–H groups in total. The van der Waals surface area contributed by atoms with Crippen LogP contribution in [0.5, 0.6) is 0 Å². The van der Waals surface area contributed by atoms with Crippen LogP contribution >= 0.6 is 15.9 Å². The maximum Gasteiger partial charge on any atom is 0.0823 e. The van der Waals surface area contributed by atoms with Crippen molar-refractivity contribution in [2.24, 2.45) is 0 Å². The second-order valence-corrected chi connectivity index (χ2v) is 3.45. The van der Waals surface area contributed by atoms with Crippen molar-refractivity contribution in [3.63, 3.8) is 0 Å². The Morgan fingerprint density at radius 3 is 2.70 bits per heavy atom. The Balaban J connectivity index is 2.58. The van der Waals surface area contributed by atoms with Crippen LogP contribution in [-0.4, -0.2) is 24.0 Å². The molecule has 1 rings (SSSR count). The third-order valence-corrected chi connectivity index (χ3v) is 1.66. The molecule has 0 radical (unpaired) electrons. The topological polar surface area (TPSA) is 19.0 Å². The highest BCUT2D eigenvalue weighted by Crippen LogP contribution is 2.10. The Morgan fingerprint density at radius 2 is 2.30 bits per heavy atom. The van der Waals surface area contributed by atoms with Gasteiger partial charge in [-0.15, -0.1) is 0 Å². The van der Waals surface area contributed by atoms with Crippen LogP contribution in [0.4, 0.5) is 0 Å². The average molecular weight is 203 g/mol. The summed E-state index contributed by atoms with van der Waals surface area (Å²) in [6.07, 6.45) is 2.00. The summed E-state index contributed by atoms with van der Waals surface area (Å²) in [6, 6.07) is 2.08. The van der Waals surface area contributed by atoms with Crippen molar-refractivity contribution in [1.82, 2.24) is 9.88 Å². The molecule has 0 amide bonds. The molecule has 0 aromatic carbocycles. The largest absolute Gasteiger partial charge is 0.356 e. The van der Waals surface area contributed by atoms with Crippen molar-refractivity contribution in [2.45, 2.75) is 6.54 Å². The number of aromatic nitrogens is 1. The summed E-state index contributed by atoms with van der Waals surface area (Å²) in [6.45, 7) is 0.988. The Bertz CT molecular complexity index is 205. The zero-order valence-electron chi connectivity index (χ0n) is 6.19. The molecule has 1 heterocycles. The first-order valence-electron chi connectivity index (χ1n) is 3.16. The van der Waals surface area contributed by atoms with E-state index in [-0.39, 0.29) is 0 Å². The summed E-state index contributed by atoms with van der Waals surface area (Å²) in [5.74, 6) is 0. The Morgan fingerprint density at radius 1 is 1.60 bits per heavy atom. The summed E-state index contributed by atoms with van der Waals surface area (Å²) in [5, 5.41) is 0. The van der Waals surface area contributed by atoms with Crippen LogP contribution in [0.15, 0.2) is 16.9 Å². The summed E-state index contributed by atoms with van der Waals surface area (Å²) in [4.78, 5) is 5.20. The van der Waals surface area contributed by atoms with Crippen LogP contribution in [0.3, 0.4) is 0 Å². The Kier molecular flexibility index (Phi) is 2.51. The summed E-state index contributed by atoms with van der Waals surface area (Å²) < 4.78 is 1.05. The highest BCUT2D eigenvalue weighted by molar-refractivity contribution is 9.10. The van der Waals surface area contributed by atoms with E-state index in [1.165, 1.54) is 5.56 Å². The number of halogens is 1. The molecule has 1 aromatic heterocycles. The average Bonchev–Trinajstić information content (AvgIpc) is 2.13. The lowest BCUT2D eigenvalue weighted by Gasteiger charge is -2.05. The van der Waals surface area contributed by atoms with Gasteiger partial charge in [-0.2, -0.15) is 0 Å². The minimum atomic E-state index is 0.988. The van der Waals surface area contributed by atoms with E-state index < -0.39 is 0 Å². The second-order valence-electron chi connectivity index (χ2n) is 2.59. The lowest BCUT2D eigenvalue weighted by atomic mass is 10.3. The molecule has 0 aliphatic carbocycles. The molecule has 10 heavy (non-hydrogen) atoms. The minimum absolute atomic E-state index is 0.988. The molecule has 0 spiro atoms. The van der Waals surface area contributed by atoms with Gasteiger partial charge in [-0.05, 0) is 41.7 Å². The predicted molar refractivity (Wildman–Crippen MR) is 45.9 cm³/mol. The normalized spacial score (nSPS) is 10.8. The first kappa shape index (κ1) is 7.82. The van der Waals surface area contributed by atoms with Gasteiger partial charge in [0.25, 0.3) is 0 Å². The van der Waals surface area contributed by atoms with Crippen LogP contribution < -0.4 is 0 Å². The Labute approximate surface area is 69.4 Å². The van der Waals surface area contributed by atoms with E-state index in [2.05, 4.69) is 46.0 Å². The molecule has 0 unspecified atom stereocenters. The van der Waals surface area contributed by atoms with E-state index in [0.717, 1.165) is 11.1 Å². The predicted octanol–water partition coefficient (Wildman–Crippen LogP) is 1.84. The monoisotopic (exact) mass is 202 g/mol. The van der Waals surface area contributed by atoms with Crippen molar-refractivity contribution in [3.05, 3.63) is 22.4 Å². The minimum Gasteiger partial charge on any atom is -0.356 e. The number of hydrogen-bond acceptors (Lipinski definition) is 1. The smallest absolute Gasteiger partial charge is 0.0823 e. The van der Waals surface area contributed by atoms with Crippen LogP contribution in [0.25, 0.3) is 0 Å². The quantitative estimate of drug-likeness (QED) is 0.776. The molecular formula is C7H11BrN2. The summed E-state index contributed by atoms with van der Waals surface area (Å²) in [5.41, 5.74) is 1.30. The Hall–Kier alpha value is -0.280. The van der Waals surface area contributed by atoms with E-state index in [1.807, 2.05) is 6.20 Å².